The van der Waals surface area contributed by atoms with Gasteiger partial charge in [0.1, 0.15) is 5.82 Å². The van der Waals surface area contributed by atoms with Crippen LogP contribution in [0.1, 0.15) is 22.4 Å². The molecule has 3 aromatic rings. The molecule has 0 atom stereocenters. The van der Waals surface area contributed by atoms with E-state index >= 15 is 0 Å². The van der Waals surface area contributed by atoms with Crippen LogP contribution >= 0.6 is 11.6 Å². The molecule has 1 aromatic heterocycles. The number of benzene rings is 2. The number of hydrogen-bond donors (Lipinski definition) is 1. The van der Waals surface area contributed by atoms with Crippen LogP contribution in [0.5, 0.6) is 0 Å². The molecule has 1 amide bonds. The Morgan fingerprint density at radius 2 is 1.93 bits per heavy atom. The van der Waals surface area contributed by atoms with E-state index in [4.69, 9.17) is 11.6 Å². The summed E-state index contributed by atoms with van der Waals surface area (Å²) < 4.78 is 25.7. The molecule has 28 heavy (non-hydrogen) atoms. The normalized spacial score (nSPS) is 14.6. The number of nitrogens with one attached hydrogen (secondary N) is 1. The molecule has 0 spiro atoms. The Kier molecular flexibility index (Phi) is 4.72. The summed E-state index contributed by atoms with van der Waals surface area (Å²) in [6.45, 7) is 1.96. The highest BCUT2D eigenvalue weighted by Crippen LogP contribution is 2.33. The Morgan fingerprint density at radius 3 is 2.64 bits per heavy atom. The monoisotopic (exact) mass is 415 g/mol. The molecule has 0 saturated heterocycles. The molecule has 0 aliphatic carbocycles. The van der Waals surface area contributed by atoms with E-state index in [1.54, 1.807) is 28.9 Å². The summed E-state index contributed by atoms with van der Waals surface area (Å²) in [6.07, 6.45) is 0.150. The highest BCUT2D eigenvalue weighted by Gasteiger charge is 2.33. The van der Waals surface area contributed by atoms with Crippen molar-refractivity contribution in [3.8, 4) is 5.69 Å². The van der Waals surface area contributed by atoms with E-state index in [-0.39, 0.29) is 23.8 Å². The lowest BCUT2D eigenvalue weighted by Gasteiger charge is -2.12. The summed E-state index contributed by atoms with van der Waals surface area (Å²) in [4.78, 5) is 12.6. The summed E-state index contributed by atoms with van der Waals surface area (Å²) in [5, 5.41) is 7.95. The number of aromatic nitrogens is 2. The third-order valence-electron chi connectivity index (χ3n) is 4.57. The van der Waals surface area contributed by atoms with E-state index in [9.17, 15) is 13.2 Å². The van der Waals surface area contributed by atoms with Gasteiger partial charge in [-0.1, -0.05) is 35.9 Å². The molecular formula is C20H18ClN3O3S. The first-order chi connectivity index (χ1) is 13.3. The number of amides is 1. The molecule has 6 nitrogen and oxygen atoms in total. The molecule has 1 aliphatic heterocycles. The molecule has 8 heteroatoms. The Morgan fingerprint density at radius 1 is 1.18 bits per heavy atom. The number of nitrogens with zero attached hydrogens (tertiary/aromatic N) is 2. The topological polar surface area (TPSA) is 81.1 Å². The first-order valence-electron chi connectivity index (χ1n) is 8.73. The maximum Gasteiger partial charge on any atom is 0.229 e. The van der Waals surface area contributed by atoms with E-state index in [0.29, 0.717) is 22.1 Å². The van der Waals surface area contributed by atoms with Crippen LogP contribution in [-0.4, -0.2) is 24.1 Å². The molecule has 2 heterocycles. The van der Waals surface area contributed by atoms with Gasteiger partial charge in [0.05, 0.1) is 29.3 Å². The fourth-order valence-corrected chi connectivity index (χ4v) is 4.90. The molecule has 0 radical (unpaired) electrons. The standard InChI is InChI=1S/C20H18ClN3O3S/c1-13-3-2-4-16(9-13)24-20(17-11-28(26,27)12-18(17)23-24)22-19(25)10-14-5-7-15(21)8-6-14/h2-9H,10-12H2,1H3,(H,22,25). The molecule has 0 fully saturated rings. The number of fused-ring (bicyclic) bond motifs is 1. The maximum absolute atomic E-state index is 12.6. The highest BCUT2D eigenvalue weighted by molar-refractivity contribution is 7.90. The summed E-state index contributed by atoms with van der Waals surface area (Å²) in [5.41, 5.74) is 3.68. The van der Waals surface area contributed by atoms with E-state index < -0.39 is 9.84 Å². The fourth-order valence-electron chi connectivity index (χ4n) is 3.28. The van der Waals surface area contributed by atoms with Crippen LogP contribution in [0.4, 0.5) is 5.82 Å². The van der Waals surface area contributed by atoms with Gasteiger partial charge in [-0.2, -0.15) is 5.10 Å². The van der Waals surface area contributed by atoms with Crippen LogP contribution in [0.25, 0.3) is 5.69 Å². The zero-order chi connectivity index (χ0) is 19.9. The lowest BCUT2D eigenvalue weighted by molar-refractivity contribution is -0.115. The van der Waals surface area contributed by atoms with Gasteiger partial charge in [0.15, 0.2) is 9.84 Å². The van der Waals surface area contributed by atoms with Crippen molar-refractivity contribution in [1.82, 2.24) is 9.78 Å². The van der Waals surface area contributed by atoms with Gasteiger partial charge in [0.2, 0.25) is 5.91 Å². The third kappa shape index (κ3) is 3.81. The zero-order valence-corrected chi connectivity index (χ0v) is 16.7. The second-order valence-corrected chi connectivity index (χ2v) is 9.41. The zero-order valence-electron chi connectivity index (χ0n) is 15.1. The van der Waals surface area contributed by atoms with Gasteiger partial charge in [0.25, 0.3) is 0 Å². The lowest BCUT2D eigenvalue weighted by Crippen LogP contribution is -2.18. The Hall–Kier alpha value is -2.64. The first-order valence-corrected chi connectivity index (χ1v) is 10.9. The average Bonchev–Trinajstić information content (AvgIpc) is 3.10. The predicted molar refractivity (Wildman–Crippen MR) is 108 cm³/mol. The van der Waals surface area contributed by atoms with Gasteiger partial charge < -0.3 is 5.32 Å². The quantitative estimate of drug-likeness (QED) is 0.707. The van der Waals surface area contributed by atoms with E-state index in [2.05, 4.69) is 10.4 Å². The van der Waals surface area contributed by atoms with Crippen LogP contribution in [0.3, 0.4) is 0 Å². The molecule has 2 aromatic carbocycles. The van der Waals surface area contributed by atoms with Crippen molar-refractivity contribution < 1.29 is 13.2 Å². The van der Waals surface area contributed by atoms with Crippen molar-refractivity contribution in [2.45, 2.75) is 24.9 Å². The van der Waals surface area contributed by atoms with Gasteiger partial charge >= 0.3 is 0 Å². The SMILES string of the molecule is Cc1cccc(-n2nc3c(c2NC(=O)Cc2ccc(Cl)cc2)CS(=O)(=O)C3)c1. The summed E-state index contributed by atoms with van der Waals surface area (Å²) in [7, 11) is -3.23. The number of sulfone groups is 1. The van der Waals surface area contributed by atoms with Crippen molar-refractivity contribution in [2.75, 3.05) is 5.32 Å². The van der Waals surface area contributed by atoms with Crippen LogP contribution < -0.4 is 5.32 Å². The highest BCUT2D eigenvalue weighted by atomic mass is 35.5. The fraction of sp³-hybridized carbons (Fsp3) is 0.200. The van der Waals surface area contributed by atoms with Crippen LogP contribution in [0.2, 0.25) is 5.02 Å². The predicted octanol–water partition coefficient (Wildman–Crippen LogP) is 3.44. The van der Waals surface area contributed by atoms with Gasteiger partial charge in [-0.25, -0.2) is 13.1 Å². The molecule has 1 N–H and O–H groups in total. The van der Waals surface area contributed by atoms with E-state index in [0.717, 1.165) is 16.8 Å². The van der Waals surface area contributed by atoms with Crippen LogP contribution in [0.15, 0.2) is 48.5 Å². The molecule has 0 saturated carbocycles. The molecule has 4 rings (SSSR count). The number of aryl methyl sites for hydroxylation is 1. The van der Waals surface area contributed by atoms with E-state index in [1.165, 1.54) is 0 Å². The van der Waals surface area contributed by atoms with Gasteiger partial charge in [0, 0.05) is 10.6 Å². The first kappa shape index (κ1) is 18.7. The van der Waals surface area contributed by atoms with E-state index in [1.807, 2.05) is 31.2 Å². The van der Waals surface area contributed by atoms with Gasteiger partial charge in [-0.05, 0) is 42.3 Å². The lowest BCUT2D eigenvalue weighted by atomic mass is 10.1. The number of halogens is 1. The van der Waals surface area contributed by atoms with Crippen molar-refractivity contribution in [1.29, 1.82) is 0 Å². The van der Waals surface area contributed by atoms with Crippen LogP contribution in [-0.2, 0) is 32.6 Å². The van der Waals surface area contributed by atoms with Crippen molar-refractivity contribution >= 4 is 33.2 Å². The third-order valence-corrected chi connectivity index (χ3v) is 6.26. The Bertz CT molecular complexity index is 1170. The summed E-state index contributed by atoms with van der Waals surface area (Å²) >= 11 is 5.89. The number of carbonyl (C=O) groups excluding carboxylic acids is 1. The minimum atomic E-state index is -3.23. The number of rotatable bonds is 4. The number of carbonyl (C=O) groups is 1. The summed E-state index contributed by atoms with van der Waals surface area (Å²) in [6, 6.07) is 14.7. The second-order valence-electron chi connectivity index (χ2n) is 6.91. The Balaban J connectivity index is 1.68. The largest absolute Gasteiger partial charge is 0.310 e. The number of hydrogen-bond acceptors (Lipinski definition) is 4. The van der Waals surface area contributed by atoms with Gasteiger partial charge in [-0.3, -0.25) is 4.79 Å². The van der Waals surface area contributed by atoms with Crippen molar-refractivity contribution in [3.63, 3.8) is 0 Å². The number of anilines is 1. The van der Waals surface area contributed by atoms with Crippen molar-refractivity contribution in [3.05, 3.63) is 75.9 Å². The van der Waals surface area contributed by atoms with Gasteiger partial charge in [-0.15, -0.1) is 0 Å². The Labute approximate surface area is 168 Å². The minimum absolute atomic E-state index is 0.110. The average molecular weight is 416 g/mol. The molecule has 0 bridgehead atoms. The molecule has 144 valence electrons. The molecular weight excluding hydrogens is 398 g/mol. The minimum Gasteiger partial charge on any atom is -0.310 e. The molecule has 0 unspecified atom stereocenters. The van der Waals surface area contributed by atoms with Crippen LogP contribution in [0, 0.1) is 6.92 Å². The second kappa shape index (κ2) is 7.07. The maximum atomic E-state index is 12.6. The molecule has 1 aliphatic rings. The smallest absolute Gasteiger partial charge is 0.229 e. The van der Waals surface area contributed by atoms with Crippen molar-refractivity contribution in [2.24, 2.45) is 0 Å². The summed E-state index contributed by atoms with van der Waals surface area (Å²) in [5.74, 6) is -0.0600.